The Bertz CT molecular complexity index is 789. The van der Waals surface area contributed by atoms with Crippen molar-refractivity contribution in [2.75, 3.05) is 0 Å². The molecule has 5 heteroatoms. The lowest BCUT2D eigenvalue weighted by Crippen LogP contribution is -1.95. The Morgan fingerprint density at radius 2 is 1.43 bits per heavy atom. The molecule has 0 spiro atoms. The van der Waals surface area contributed by atoms with Gasteiger partial charge in [0.25, 0.3) is 0 Å². The maximum atomic E-state index is 13.8. The Balaban J connectivity index is 2.11. The fourth-order valence-electron chi connectivity index (χ4n) is 2.03. The van der Waals surface area contributed by atoms with Crippen molar-refractivity contribution in [3.63, 3.8) is 0 Å². The third-order valence-corrected chi connectivity index (χ3v) is 3.08. The summed E-state index contributed by atoms with van der Waals surface area (Å²) >= 11 is 0. The standard InChI is InChI=1S/C16H9F3N2/c17-13-2-1-12(15(18)16(13)19)14-9-11(5-8-21-14)10-3-6-20-7-4-10/h1-9H. The van der Waals surface area contributed by atoms with Gasteiger partial charge in [0.05, 0.1) is 5.69 Å². The summed E-state index contributed by atoms with van der Waals surface area (Å²) in [7, 11) is 0. The van der Waals surface area contributed by atoms with E-state index in [1.807, 2.05) is 0 Å². The van der Waals surface area contributed by atoms with Gasteiger partial charge in [-0.25, -0.2) is 13.2 Å². The number of benzene rings is 1. The normalized spacial score (nSPS) is 10.6. The van der Waals surface area contributed by atoms with E-state index in [0.29, 0.717) is 0 Å². The molecule has 1 aromatic carbocycles. The molecule has 0 fully saturated rings. The quantitative estimate of drug-likeness (QED) is 0.659. The van der Waals surface area contributed by atoms with Gasteiger partial charge in [-0.3, -0.25) is 9.97 Å². The van der Waals surface area contributed by atoms with Crippen molar-refractivity contribution in [2.24, 2.45) is 0 Å². The molecule has 3 rings (SSSR count). The van der Waals surface area contributed by atoms with Crippen molar-refractivity contribution < 1.29 is 13.2 Å². The minimum Gasteiger partial charge on any atom is -0.265 e. The zero-order valence-corrected chi connectivity index (χ0v) is 10.7. The van der Waals surface area contributed by atoms with Crippen LogP contribution in [0.4, 0.5) is 13.2 Å². The Morgan fingerprint density at radius 1 is 0.714 bits per heavy atom. The highest BCUT2D eigenvalue weighted by Crippen LogP contribution is 2.27. The van der Waals surface area contributed by atoms with E-state index in [1.54, 1.807) is 36.7 Å². The SMILES string of the molecule is Fc1ccc(-c2cc(-c3ccncc3)ccn2)c(F)c1F. The maximum absolute atomic E-state index is 13.8. The topological polar surface area (TPSA) is 25.8 Å². The molecule has 0 saturated carbocycles. The Labute approximate surface area is 118 Å². The van der Waals surface area contributed by atoms with Gasteiger partial charge in [-0.05, 0) is 47.5 Å². The molecule has 104 valence electrons. The number of aromatic nitrogens is 2. The van der Waals surface area contributed by atoms with E-state index < -0.39 is 17.5 Å². The molecule has 0 aliphatic heterocycles. The number of rotatable bonds is 2. The molecule has 0 atom stereocenters. The van der Waals surface area contributed by atoms with Gasteiger partial charge in [0.15, 0.2) is 17.5 Å². The molecule has 2 aromatic heterocycles. The third kappa shape index (κ3) is 2.50. The molecule has 2 nitrogen and oxygen atoms in total. The lowest BCUT2D eigenvalue weighted by Gasteiger charge is -2.07. The highest BCUT2D eigenvalue weighted by Gasteiger charge is 2.15. The fraction of sp³-hybridized carbons (Fsp3) is 0. The molecule has 0 aliphatic carbocycles. The molecule has 3 aromatic rings. The van der Waals surface area contributed by atoms with Gasteiger partial charge in [0.1, 0.15) is 0 Å². The average molecular weight is 286 g/mol. The Morgan fingerprint density at radius 3 is 2.19 bits per heavy atom. The number of pyridine rings is 2. The first kappa shape index (κ1) is 13.3. The maximum Gasteiger partial charge on any atom is 0.195 e. The molecule has 0 N–H and O–H groups in total. The summed E-state index contributed by atoms with van der Waals surface area (Å²) in [6.45, 7) is 0. The van der Waals surface area contributed by atoms with Crippen molar-refractivity contribution in [3.8, 4) is 22.4 Å². The van der Waals surface area contributed by atoms with Crippen LogP contribution in [0.25, 0.3) is 22.4 Å². The van der Waals surface area contributed by atoms with Crippen LogP contribution in [0.15, 0.2) is 55.0 Å². The molecule has 0 unspecified atom stereocenters. The van der Waals surface area contributed by atoms with E-state index in [1.165, 1.54) is 12.3 Å². The molecular weight excluding hydrogens is 277 g/mol. The Hall–Kier alpha value is -2.69. The smallest absolute Gasteiger partial charge is 0.195 e. The molecule has 0 saturated heterocycles. The van der Waals surface area contributed by atoms with Crippen LogP contribution >= 0.6 is 0 Å². The van der Waals surface area contributed by atoms with Gasteiger partial charge >= 0.3 is 0 Å². The summed E-state index contributed by atoms with van der Waals surface area (Å²) in [6.07, 6.45) is 4.76. The van der Waals surface area contributed by atoms with Crippen LogP contribution in [0.1, 0.15) is 0 Å². The van der Waals surface area contributed by atoms with E-state index in [-0.39, 0.29) is 11.3 Å². The molecule has 21 heavy (non-hydrogen) atoms. The second kappa shape index (κ2) is 5.36. The molecule has 0 amide bonds. The lowest BCUT2D eigenvalue weighted by molar-refractivity contribution is 0.449. The van der Waals surface area contributed by atoms with Crippen LogP contribution in [0.3, 0.4) is 0 Å². The number of hydrogen-bond acceptors (Lipinski definition) is 2. The van der Waals surface area contributed by atoms with Gasteiger partial charge in [-0.15, -0.1) is 0 Å². The first-order chi connectivity index (χ1) is 10.2. The number of halogens is 3. The van der Waals surface area contributed by atoms with Crippen LogP contribution < -0.4 is 0 Å². The van der Waals surface area contributed by atoms with Gasteiger partial charge in [0.2, 0.25) is 0 Å². The van der Waals surface area contributed by atoms with Crippen molar-refractivity contribution >= 4 is 0 Å². The van der Waals surface area contributed by atoms with Crippen LogP contribution in [0, 0.1) is 17.5 Å². The fourth-order valence-corrected chi connectivity index (χ4v) is 2.03. The zero-order chi connectivity index (χ0) is 14.8. The second-order valence-electron chi connectivity index (χ2n) is 4.39. The van der Waals surface area contributed by atoms with E-state index in [0.717, 1.165) is 17.2 Å². The summed E-state index contributed by atoms with van der Waals surface area (Å²) in [5, 5.41) is 0. The molecule has 0 radical (unpaired) electrons. The highest BCUT2D eigenvalue weighted by atomic mass is 19.2. The Kier molecular flexibility index (Phi) is 3.39. The van der Waals surface area contributed by atoms with Gasteiger partial charge in [-0.2, -0.15) is 0 Å². The first-order valence-electron chi connectivity index (χ1n) is 6.17. The van der Waals surface area contributed by atoms with Crippen molar-refractivity contribution in [2.45, 2.75) is 0 Å². The molecule has 0 bridgehead atoms. The van der Waals surface area contributed by atoms with Crippen LogP contribution in [0.5, 0.6) is 0 Å². The summed E-state index contributed by atoms with van der Waals surface area (Å²) < 4.78 is 40.1. The van der Waals surface area contributed by atoms with E-state index in [4.69, 9.17) is 0 Å². The number of hydrogen-bond donors (Lipinski definition) is 0. The average Bonchev–Trinajstić information content (AvgIpc) is 2.54. The first-order valence-corrected chi connectivity index (χ1v) is 6.17. The molecule has 0 aliphatic rings. The lowest BCUT2D eigenvalue weighted by atomic mass is 10.0. The summed E-state index contributed by atoms with van der Waals surface area (Å²) in [5.41, 5.74) is 1.81. The summed E-state index contributed by atoms with van der Waals surface area (Å²) in [6, 6.07) is 9.00. The largest absolute Gasteiger partial charge is 0.265 e. The van der Waals surface area contributed by atoms with Gasteiger partial charge in [0, 0.05) is 24.2 Å². The van der Waals surface area contributed by atoms with Crippen LogP contribution in [0.2, 0.25) is 0 Å². The van der Waals surface area contributed by atoms with E-state index in [9.17, 15) is 13.2 Å². The molecular formula is C16H9F3N2. The third-order valence-electron chi connectivity index (χ3n) is 3.08. The predicted octanol–water partition coefficient (Wildman–Crippen LogP) is 4.23. The highest BCUT2D eigenvalue weighted by molar-refractivity contribution is 5.70. The number of nitrogens with zero attached hydrogens (tertiary/aromatic N) is 2. The van der Waals surface area contributed by atoms with E-state index >= 15 is 0 Å². The van der Waals surface area contributed by atoms with Crippen LogP contribution in [-0.4, -0.2) is 9.97 Å². The minimum atomic E-state index is -1.50. The monoisotopic (exact) mass is 286 g/mol. The summed E-state index contributed by atoms with van der Waals surface area (Å²) in [5.74, 6) is -3.96. The van der Waals surface area contributed by atoms with Gasteiger partial charge < -0.3 is 0 Å². The summed E-state index contributed by atoms with van der Waals surface area (Å²) in [4.78, 5) is 7.94. The molecule has 2 heterocycles. The van der Waals surface area contributed by atoms with E-state index in [2.05, 4.69) is 9.97 Å². The van der Waals surface area contributed by atoms with Crippen molar-refractivity contribution in [3.05, 3.63) is 72.4 Å². The zero-order valence-electron chi connectivity index (χ0n) is 10.7. The minimum absolute atomic E-state index is 0.0789. The predicted molar refractivity (Wildman–Crippen MR) is 72.8 cm³/mol. The van der Waals surface area contributed by atoms with Crippen molar-refractivity contribution in [1.29, 1.82) is 0 Å². The van der Waals surface area contributed by atoms with Gasteiger partial charge in [-0.1, -0.05) is 0 Å². The second-order valence-corrected chi connectivity index (χ2v) is 4.39. The van der Waals surface area contributed by atoms with Crippen LogP contribution in [-0.2, 0) is 0 Å². The van der Waals surface area contributed by atoms with Crippen molar-refractivity contribution in [1.82, 2.24) is 9.97 Å².